The summed E-state index contributed by atoms with van der Waals surface area (Å²) in [6.45, 7) is 1.66. The van der Waals surface area contributed by atoms with Gasteiger partial charge < -0.3 is 15.7 Å². The van der Waals surface area contributed by atoms with Crippen LogP contribution in [0.2, 0.25) is 0 Å². The van der Waals surface area contributed by atoms with Crippen LogP contribution in [0.4, 0.5) is 17.5 Å². The second-order valence-corrected chi connectivity index (χ2v) is 6.65. The lowest BCUT2D eigenvalue weighted by atomic mass is 10.3. The van der Waals surface area contributed by atoms with Crippen molar-refractivity contribution in [1.29, 1.82) is 0 Å². The van der Waals surface area contributed by atoms with Gasteiger partial charge in [0.2, 0.25) is 11.8 Å². The molecule has 3 rings (SSSR count). The fraction of sp³-hybridized carbons (Fsp3) is 0.0769. The number of hydrogen-bond acceptors (Lipinski definition) is 9. The second kappa shape index (κ2) is 6.24. The molecule has 0 spiro atoms. The quantitative estimate of drug-likeness (QED) is 0.538. The first-order chi connectivity index (χ1) is 11.9. The molecule has 0 saturated carbocycles. The molecule has 1 aromatic carbocycles. The summed E-state index contributed by atoms with van der Waals surface area (Å²) in [5, 5.41) is 13.5. The Labute approximate surface area is 141 Å². The highest BCUT2D eigenvalue weighted by Gasteiger charge is 2.17. The molecule has 25 heavy (non-hydrogen) atoms. The van der Waals surface area contributed by atoms with Gasteiger partial charge in [0, 0.05) is 11.3 Å². The van der Waals surface area contributed by atoms with Crippen molar-refractivity contribution >= 4 is 27.5 Å². The standard InChI is InChI=1S/C13H13N7O4S/c1-8-6-16-24-12(8)19-25(22,23)10-4-2-9(3-5-10)17-13-18-15-7-11(21)20(13)14/h2-7,19H,14H2,1H3,(H,17,18). The predicted molar refractivity (Wildman–Crippen MR) is 88.2 cm³/mol. The van der Waals surface area contributed by atoms with E-state index in [0.29, 0.717) is 11.3 Å². The van der Waals surface area contributed by atoms with Crippen LogP contribution < -0.4 is 21.4 Å². The van der Waals surface area contributed by atoms with Gasteiger partial charge in [0.25, 0.3) is 15.6 Å². The maximum Gasteiger partial charge on any atom is 0.292 e. The minimum Gasteiger partial charge on any atom is -0.338 e. The highest BCUT2D eigenvalue weighted by molar-refractivity contribution is 7.92. The third-order valence-corrected chi connectivity index (χ3v) is 4.53. The normalized spacial score (nSPS) is 11.2. The molecule has 130 valence electrons. The van der Waals surface area contributed by atoms with Gasteiger partial charge in [0.05, 0.1) is 11.1 Å². The summed E-state index contributed by atoms with van der Waals surface area (Å²) >= 11 is 0. The number of nitrogens with one attached hydrogen (secondary N) is 2. The lowest BCUT2D eigenvalue weighted by molar-refractivity contribution is 0.435. The molecule has 0 aliphatic heterocycles. The van der Waals surface area contributed by atoms with Crippen molar-refractivity contribution < 1.29 is 12.9 Å². The average Bonchev–Trinajstić information content (AvgIpc) is 2.97. The van der Waals surface area contributed by atoms with Crippen molar-refractivity contribution in [3.63, 3.8) is 0 Å². The highest BCUT2D eigenvalue weighted by atomic mass is 32.2. The monoisotopic (exact) mass is 363 g/mol. The van der Waals surface area contributed by atoms with Gasteiger partial charge in [-0.25, -0.2) is 13.1 Å². The predicted octanol–water partition coefficient (Wildman–Crippen LogP) is 0.193. The van der Waals surface area contributed by atoms with E-state index >= 15 is 0 Å². The fourth-order valence-corrected chi connectivity index (χ4v) is 2.90. The number of anilines is 3. The van der Waals surface area contributed by atoms with Crippen molar-refractivity contribution in [1.82, 2.24) is 20.0 Å². The minimum absolute atomic E-state index is 0.0122. The molecule has 0 aliphatic rings. The van der Waals surface area contributed by atoms with Crippen molar-refractivity contribution in [2.24, 2.45) is 0 Å². The molecular formula is C13H13N7O4S. The Hall–Kier alpha value is -3.41. The van der Waals surface area contributed by atoms with Gasteiger partial charge in [-0.2, -0.15) is 4.68 Å². The van der Waals surface area contributed by atoms with Gasteiger partial charge >= 0.3 is 0 Å². The zero-order chi connectivity index (χ0) is 18.0. The number of aromatic nitrogens is 4. The molecule has 11 nitrogen and oxygen atoms in total. The van der Waals surface area contributed by atoms with E-state index in [2.05, 4.69) is 25.4 Å². The Balaban J connectivity index is 1.81. The van der Waals surface area contributed by atoms with E-state index < -0.39 is 15.6 Å². The van der Waals surface area contributed by atoms with Gasteiger partial charge in [0.15, 0.2) is 0 Å². The zero-order valence-corrected chi connectivity index (χ0v) is 13.7. The first-order valence-electron chi connectivity index (χ1n) is 6.88. The molecule has 0 fully saturated rings. The van der Waals surface area contributed by atoms with E-state index in [1.807, 2.05) is 0 Å². The van der Waals surface area contributed by atoms with Crippen LogP contribution >= 0.6 is 0 Å². The number of benzene rings is 1. The van der Waals surface area contributed by atoms with Crippen LogP contribution in [0, 0.1) is 6.92 Å². The average molecular weight is 363 g/mol. The molecule has 12 heteroatoms. The molecule has 2 heterocycles. The summed E-state index contributed by atoms with van der Waals surface area (Å²) < 4.78 is 32.5. The molecule has 0 saturated heterocycles. The fourth-order valence-electron chi connectivity index (χ4n) is 1.85. The Kier molecular flexibility index (Phi) is 4.10. The Bertz CT molecular complexity index is 1060. The lowest BCUT2D eigenvalue weighted by Crippen LogP contribution is -2.30. The summed E-state index contributed by atoms with van der Waals surface area (Å²) in [5.74, 6) is 5.60. The highest BCUT2D eigenvalue weighted by Crippen LogP contribution is 2.21. The summed E-state index contributed by atoms with van der Waals surface area (Å²) in [6.07, 6.45) is 2.37. The molecule has 0 unspecified atom stereocenters. The smallest absolute Gasteiger partial charge is 0.292 e. The third-order valence-electron chi connectivity index (χ3n) is 3.18. The van der Waals surface area contributed by atoms with E-state index in [9.17, 15) is 13.2 Å². The molecule has 2 aromatic heterocycles. The summed E-state index contributed by atoms with van der Waals surface area (Å²) in [6, 6.07) is 5.71. The second-order valence-electron chi connectivity index (χ2n) is 4.97. The number of rotatable bonds is 5. The Morgan fingerprint density at radius 3 is 2.56 bits per heavy atom. The molecule has 4 N–H and O–H groups in total. The first-order valence-corrected chi connectivity index (χ1v) is 8.36. The van der Waals surface area contributed by atoms with Crippen molar-refractivity contribution in [3.8, 4) is 0 Å². The van der Waals surface area contributed by atoms with Crippen LogP contribution in [-0.2, 0) is 10.0 Å². The molecule has 0 atom stereocenters. The van der Waals surface area contributed by atoms with Crippen LogP contribution in [0.1, 0.15) is 5.56 Å². The Morgan fingerprint density at radius 2 is 1.92 bits per heavy atom. The molecule has 0 radical (unpaired) electrons. The van der Waals surface area contributed by atoms with E-state index in [-0.39, 0.29) is 16.7 Å². The molecule has 3 aromatic rings. The van der Waals surface area contributed by atoms with Gasteiger partial charge in [-0.3, -0.25) is 4.79 Å². The van der Waals surface area contributed by atoms with Gasteiger partial charge in [-0.1, -0.05) is 5.16 Å². The van der Waals surface area contributed by atoms with Crippen molar-refractivity contribution in [3.05, 3.63) is 52.6 Å². The maximum atomic E-state index is 12.3. The van der Waals surface area contributed by atoms with Crippen LogP contribution in [0.25, 0.3) is 0 Å². The summed E-state index contributed by atoms with van der Waals surface area (Å²) in [7, 11) is -3.83. The summed E-state index contributed by atoms with van der Waals surface area (Å²) in [5.41, 5.74) is 0.489. The number of aryl methyl sites for hydroxylation is 1. The van der Waals surface area contributed by atoms with Crippen LogP contribution in [0.3, 0.4) is 0 Å². The molecule has 0 bridgehead atoms. The van der Waals surface area contributed by atoms with Crippen LogP contribution in [-0.4, -0.2) is 28.4 Å². The van der Waals surface area contributed by atoms with Crippen molar-refractivity contribution in [2.75, 3.05) is 15.9 Å². The number of sulfonamides is 1. The van der Waals surface area contributed by atoms with Gasteiger partial charge in [-0.05, 0) is 31.2 Å². The van der Waals surface area contributed by atoms with E-state index in [1.54, 1.807) is 6.92 Å². The minimum atomic E-state index is -3.83. The number of nitrogen functional groups attached to an aromatic ring is 1. The van der Waals surface area contributed by atoms with Crippen LogP contribution in [0.5, 0.6) is 0 Å². The van der Waals surface area contributed by atoms with Gasteiger partial charge in [-0.15, -0.1) is 10.2 Å². The van der Waals surface area contributed by atoms with E-state index in [0.717, 1.165) is 10.9 Å². The molecular weight excluding hydrogens is 350 g/mol. The lowest BCUT2D eigenvalue weighted by Gasteiger charge is -2.09. The first kappa shape index (κ1) is 16.4. The number of nitrogens with two attached hydrogens (primary N) is 1. The van der Waals surface area contributed by atoms with E-state index in [1.165, 1.54) is 30.5 Å². The summed E-state index contributed by atoms with van der Waals surface area (Å²) in [4.78, 5) is 11.4. The topological polar surface area (TPSA) is 158 Å². The zero-order valence-electron chi connectivity index (χ0n) is 12.9. The molecule has 0 amide bonds. The number of hydrogen-bond donors (Lipinski definition) is 3. The van der Waals surface area contributed by atoms with Crippen LogP contribution in [0.15, 0.2) is 50.9 Å². The number of nitrogens with zero attached hydrogens (tertiary/aromatic N) is 4. The van der Waals surface area contributed by atoms with E-state index in [4.69, 9.17) is 10.4 Å². The third kappa shape index (κ3) is 3.42. The van der Waals surface area contributed by atoms with Crippen molar-refractivity contribution in [2.45, 2.75) is 11.8 Å². The SMILES string of the molecule is Cc1cnoc1NS(=O)(=O)c1ccc(Nc2nncc(=O)n2N)cc1. The largest absolute Gasteiger partial charge is 0.338 e. The Morgan fingerprint density at radius 1 is 1.20 bits per heavy atom. The molecule has 0 aliphatic carbocycles. The maximum absolute atomic E-state index is 12.3. The van der Waals surface area contributed by atoms with Gasteiger partial charge in [0.1, 0.15) is 6.20 Å².